The van der Waals surface area contributed by atoms with Crippen LogP contribution in [-0.2, 0) is 0 Å². The number of para-hydroxylation sites is 12. The Kier molecular flexibility index (Phi) is 19.1. The summed E-state index contributed by atoms with van der Waals surface area (Å²) in [5.74, 6) is 0. The van der Waals surface area contributed by atoms with E-state index in [1.54, 1.807) is 0 Å². The molecule has 0 aliphatic rings. The van der Waals surface area contributed by atoms with Gasteiger partial charge in [0.25, 0.3) is 0 Å². The molecule has 8 aromatic heterocycles. The maximum Gasteiger partial charge on any atom is 0.237 e. The number of hydrogen-bond donors (Lipinski definition) is 0. The minimum Gasteiger partial charge on any atom is -0.319 e. The predicted octanol–water partition coefficient (Wildman–Crippen LogP) is 35.7. The summed E-state index contributed by atoms with van der Waals surface area (Å²) in [6.07, 6.45) is 0. The third-order valence-electron chi connectivity index (χ3n) is 30.6. The Balaban J connectivity index is 0.000000108. The zero-order valence-corrected chi connectivity index (χ0v) is 80.1. The van der Waals surface area contributed by atoms with Crippen LogP contribution in [0.3, 0.4) is 0 Å². The summed E-state index contributed by atoms with van der Waals surface area (Å²) in [4.78, 5) is 12.8. The second-order valence-corrected chi connectivity index (χ2v) is 38.2. The molecule has 14 heteroatoms. The van der Waals surface area contributed by atoms with Crippen LogP contribution in [0.5, 0.6) is 0 Å². The SMILES string of the molecule is [C-]#[N+]c1c(-n2c3ccccc3c3ccccc32)c(C#N)c(-n2c3ccccc3c3ccccc32)c(-n2c3ccccc3c3ccccc32)c1-n1c2ccccc2c2ccccc21.[C-]#[N+]c1cc(-n2c3ccccc3c3c4ccccc4ccc32)c(C#N)cc1-n1c2ccccc2c2c3ccccc3ccc21.[C-]#[N+]c1cc(-n2c3ccccc3c3cc4ccccc4cc32)c(C#N)cc1-n1c2ccccc2c2cc3ccccc3cc21. The fourth-order valence-corrected chi connectivity index (χ4v) is 24.5. The average Bonchev–Trinajstić information content (AvgIpc) is 1.51. The van der Waals surface area contributed by atoms with Crippen molar-refractivity contribution in [1.82, 2.24) is 36.5 Å². The van der Waals surface area contributed by atoms with E-state index in [1.807, 2.05) is 84.9 Å². The maximum absolute atomic E-state index is 12.1. The summed E-state index contributed by atoms with van der Waals surface area (Å²) in [5.41, 5.74) is 23.9. The molecule has 31 aromatic rings. The van der Waals surface area contributed by atoms with Gasteiger partial charge in [-0.05, 0) is 177 Å². The van der Waals surface area contributed by atoms with Gasteiger partial charge in [0.05, 0.1) is 170 Å². The molecule has 0 unspecified atom stereocenters. The Morgan fingerprint density at radius 3 is 0.720 bits per heavy atom. The zero-order valence-electron chi connectivity index (χ0n) is 80.1. The molecule has 31 rings (SSSR count). The van der Waals surface area contributed by atoms with Crippen LogP contribution >= 0.6 is 0 Å². The van der Waals surface area contributed by atoms with Crippen LogP contribution in [0.15, 0.2) is 461 Å². The molecule has 0 spiro atoms. The van der Waals surface area contributed by atoms with Crippen molar-refractivity contribution in [2.45, 2.75) is 0 Å². The van der Waals surface area contributed by atoms with Crippen molar-refractivity contribution in [2.24, 2.45) is 0 Å². The molecule has 0 aliphatic heterocycles. The molecule has 0 amide bonds. The maximum atomic E-state index is 12.1. The van der Waals surface area contributed by atoms with E-state index in [0.29, 0.717) is 73.6 Å². The van der Waals surface area contributed by atoms with Crippen LogP contribution in [-0.4, -0.2) is 36.5 Å². The minimum absolute atomic E-state index is 0.376. The third-order valence-corrected chi connectivity index (χ3v) is 30.6. The number of fused-ring (bicyclic) bond motifs is 30. The summed E-state index contributed by atoms with van der Waals surface area (Å²) in [6.45, 7) is 26.1. The second-order valence-electron chi connectivity index (χ2n) is 38.2. The van der Waals surface area contributed by atoms with Crippen molar-refractivity contribution >= 4 is 235 Å². The molecule has 14 nitrogen and oxygen atoms in total. The van der Waals surface area contributed by atoms with Gasteiger partial charge in [-0.25, -0.2) is 14.5 Å². The highest BCUT2D eigenvalue weighted by Gasteiger charge is 2.36. The van der Waals surface area contributed by atoms with Gasteiger partial charge in [0.15, 0.2) is 0 Å². The van der Waals surface area contributed by atoms with E-state index in [-0.39, 0.29) is 0 Å². The summed E-state index contributed by atoms with van der Waals surface area (Å²) in [5, 5.41) is 60.2. The van der Waals surface area contributed by atoms with E-state index >= 15 is 0 Å². The van der Waals surface area contributed by atoms with Crippen molar-refractivity contribution < 1.29 is 0 Å². The number of rotatable bonds is 8. The molecule has 0 atom stereocenters. The Morgan fingerprint density at radius 2 is 0.407 bits per heavy atom. The molecule has 0 radical (unpaired) electrons. The van der Waals surface area contributed by atoms with E-state index in [1.165, 1.54) is 26.9 Å². The van der Waals surface area contributed by atoms with E-state index in [0.717, 1.165) is 196 Å². The van der Waals surface area contributed by atoms with Crippen molar-refractivity contribution in [3.63, 3.8) is 0 Å². The first-order valence-electron chi connectivity index (χ1n) is 49.8. The van der Waals surface area contributed by atoms with Gasteiger partial charge in [0, 0.05) is 86.2 Å². The van der Waals surface area contributed by atoms with Crippen molar-refractivity contribution in [3.05, 3.63) is 512 Å². The molecule has 150 heavy (non-hydrogen) atoms. The van der Waals surface area contributed by atoms with Crippen LogP contribution in [0.1, 0.15) is 16.7 Å². The highest BCUT2D eigenvalue weighted by molar-refractivity contribution is 6.25. The van der Waals surface area contributed by atoms with E-state index in [9.17, 15) is 22.4 Å². The Hall–Kier alpha value is -21.6. The molecule has 8 heterocycles. The quantitative estimate of drug-likeness (QED) is 0.141. The van der Waals surface area contributed by atoms with Gasteiger partial charge in [0.2, 0.25) is 17.1 Å². The van der Waals surface area contributed by atoms with E-state index in [4.69, 9.17) is 13.1 Å². The highest BCUT2D eigenvalue weighted by Crippen LogP contribution is 2.54. The molecule has 0 saturated carbocycles. The Labute approximate surface area is 856 Å². The number of nitriles is 3. The first-order chi connectivity index (χ1) is 74.3. The second kappa shape index (κ2) is 33.5. The molecule has 0 bridgehead atoms. The minimum atomic E-state index is 0.376. The lowest BCUT2D eigenvalue weighted by molar-refractivity contribution is 1.03. The van der Waals surface area contributed by atoms with Crippen molar-refractivity contribution in [3.8, 4) is 63.7 Å². The fourth-order valence-electron chi connectivity index (χ4n) is 24.5. The van der Waals surface area contributed by atoms with Gasteiger partial charge in [0.1, 0.15) is 18.2 Å². The lowest BCUT2D eigenvalue weighted by atomic mass is 10.0. The predicted molar refractivity (Wildman–Crippen MR) is 617 cm³/mol. The molecule has 23 aromatic carbocycles. The lowest BCUT2D eigenvalue weighted by Crippen LogP contribution is -2.14. The van der Waals surface area contributed by atoms with Crippen LogP contribution in [0, 0.1) is 53.7 Å². The average molecular weight is 1910 g/mol. The Morgan fingerprint density at radius 1 is 0.167 bits per heavy atom. The molecule has 0 saturated heterocycles. The summed E-state index contributed by atoms with van der Waals surface area (Å²) >= 11 is 0. The Bertz CT molecular complexity index is 10800. The molecule has 0 N–H and O–H groups in total. The van der Waals surface area contributed by atoms with Gasteiger partial charge in [-0.3, -0.25) is 0 Å². The van der Waals surface area contributed by atoms with Crippen LogP contribution in [0.4, 0.5) is 17.1 Å². The topological polar surface area (TPSA) is 124 Å². The summed E-state index contributed by atoms with van der Waals surface area (Å²) in [6, 6.07) is 167. The highest BCUT2D eigenvalue weighted by atomic mass is 15.1. The van der Waals surface area contributed by atoms with Crippen LogP contribution in [0.25, 0.3) is 278 Å². The van der Waals surface area contributed by atoms with Gasteiger partial charge >= 0.3 is 0 Å². The number of hydrogen-bond acceptors (Lipinski definition) is 3. The third kappa shape index (κ3) is 12.4. The number of nitrogens with zero attached hydrogens (tertiary/aromatic N) is 14. The van der Waals surface area contributed by atoms with Crippen molar-refractivity contribution in [2.75, 3.05) is 0 Å². The van der Waals surface area contributed by atoms with Gasteiger partial charge < -0.3 is 36.5 Å². The smallest absolute Gasteiger partial charge is 0.237 e. The first kappa shape index (κ1) is 85.2. The van der Waals surface area contributed by atoms with E-state index < -0.39 is 0 Å². The zero-order chi connectivity index (χ0) is 99.8. The molecule has 0 fully saturated rings. The fraction of sp³-hybridized carbons (Fsp3) is 0. The van der Waals surface area contributed by atoms with E-state index in [2.05, 4.69) is 445 Å². The van der Waals surface area contributed by atoms with Gasteiger partial charge in [-0.1, -0.05) is 328 Å². The standard InChI is InChI=1S/C56H32N6.2C40H22N4/c1-58-52-53(59-44-26-10-2-18-35(44)36-19-3-11-27-45(36)59)43(34-57)54(60-46-28-12-4-20-37(46)38-21-5-13-29-47(38)60)56(62-50-32-16-8-24-41(50)42-25-9-17-33-51(42)62)55(52)61-48-30-14-6-22-39(48)40-23-7-15-31-49(40)61;1-42-34-23-37(43-35-16-8-6-14-30(35)32-18-25-10-2-4-12-27(25)20-38(32)43)29(24-41)22-40(34)44-36-17-9-7-15-31(36)33-19-26-11-3-5-13-28(26)21-39(33)44;1-42-32-23-37(43-33-16-8-6-14-30(33)39-28-12-4-2-10-25(28)18-20-35(39)43)27(24-41)22-38(32)44-34-17-9-7-15-31(34)40-29-13-5-3-11-26(29)19-21-36(40)44/h2-33H;2*2-23H. The monoisotopic (exact) mass is 1900 g/mol. The van der Waals surface area contributed by atoms with Gasteiger partial charge in [-0.2, -0.15) is 15.8 Å². The molecule has 690 valence electrons. The van der Waals surface area contributed by atoms with Gasteiger partial charge in [-0.15, -0.1) is 0 Å². The normalized spacial score (nSPS) is 11.7. The van der Waals surface area contributed by atoms with Crippen molar-refractivity contribution in [1.29, 1.82) is 15.8 Å². The lowest BCUT2D eigenvalue weighted by Gasteiger charge is -2.27. The summed E-state index contributed by atoms with van der Waals surface area (Å²) in [7, 11) is 0. The molecular weight excluding hydrogens is 1830 g/mol. The first-order valence-corrected chi connectivity index (χ1v) is 49.8. The number of aromatic nitrogens is 8. The largest absolute Gasteiger partial charge is 0.319 e. The van der Waals surface area contributed by atoms with Crippen LogP contribution in [0.2, 0.25) is 0 Å². The number of benzene rings is 23. The molecule has 0 aliphatic carbocycles. The molecular formula is C136H76N14. The van der Waals surface area contributed by atoms with Crippen LogP contribution < -0.4 is 0 Å². The summed E-state index contributed by atoms with van der Waals surface area (Å²) < 4.78 is 17.6.